The number of aromatic carboxylic acids is 1. The normalized spacial score (nSPS) is 11.0. The molecule has 0 aliphatic rings. The largest absolute Gasteiger partial charge is 0.497 e. The van der Waals surface area contributed by atoms with Crippen LogP contribution in [0.25, 0.3) is 0 Å². The highest BCUT2D eigenvalue weighted by Crippen LogP contribution is 2.29. The Kier molecular flexibility index (Phi) is 6.77. The summed E-state index contributed by atoms with van der Waals surface area (Å²) in [6.07, 6.45) is -4.39. The van der Waals surface area contributed by atoms with Crippen molar-refractivity contribution in [3.63, 3.8) is 0 Å². The first-order valence-corrected chi connectivity index (χ1v) is 9.48. The number of carboxylic acids is 1. The fraction of sp³-hybridized carbons (Fsp3) is 0.174. The third kappa shape index (κ3) is 5.84. The average Bonchev–Trinajstić information content (AvgIpc) is 2.77. The van der Waals surface area contributed by atoms with Crippen LogP contribution in [0.1, 0.15) is 10.4 Å². The summed E-state index contributed by atoms with van der Waals surface area (Å²) in [6.45, 7) is -1.34. The number of hydrogen-bond acceptors (Lipinski definition) is 5. The van der Waals surface area contributed by atoms with Gasteiger partial charge in [0.2, 0.25) is 0 Å². The lowest BCUT2D eigenvalue weighted by Gasteiger charge is -2.20. The lowest BCUT2D eigenvalue weighted by Crippen LogP contribution is -2.19. The molecule has 0 bridgehead atoms. The number of halogens is 3. The molecule has 32 heavy (non-hydrogen) atoms. The molecule has 0 radical (unpaired) electrons. The Balaban J connectivity index is 1.70. The van der Waals surface area contributed by atoms with Gasteiger partial charge in [0.1, 0.15) is 11.5 Å². The molecule has 9 heteroatoms. The number of nitrogens with one attached hydrogen (secondary N) is 1. The number of carbonyl (C=O) groups is 1. The topological polar surface area (TPSA) is 71.0 Å². The standard InChI is InChI=1S/C23H21F3N2O4/c1-28(17-7-9-18(10-8-17)32-14-23(24,25)26)16-5-3-15(4-6-16)27-21-12-11-19(31-2)13-20(21)22(29)30/h3-13,27H,14H2,1-2H3,(H,29,30). The maximum Gasteiger partial charge on any atom is 0.422 e. The molecule has 0 spiro atoms. The molecule has 3 aromatic rings. The zero-order valence-corrected chi connectivity index (χ0v) is 17.3. The van der Waals surface area contributed by atoms with Crippen molar-refractivity contribution >= 4 is 28.7 Å². The van der Waals surface area contributed by atoms with Crippen LogP contribution in [-0.2, 0) is 0 Å². The van der Waals surface area contributed by atoms with Crippen molar-refractivity contribution in [2.45, 2.75) is 6.18 Å². The van der Waals surface area contributed by atoms with Crippen molar-refractivity contribution in [2.75, 3.05) is 31.0 Å². The number of rotatable bonds is 8. The van der Waals surface area contributed by atoms with Gasteiger partial charge in [0, 0.05) is 24.1 Å². The molecule has 0 atom stereocenters. The molecular formula is C23H21F3N2O4. The Hall–Kier alpha value is -3.88. The fourth-order valence-corrected chi connectivity index (χ4v) is 2.94. The molecule has 0 saturated carbocycles. The summed E-state index contributed by atoms with van der Waals surface area (Å²) in [5, 5.41) is 12.5. The number of carboxylic acid groups (broad SMARTS) is 1. The van der Waals surface area contributed by atoms with Gasteiger partial charge >= 0.3 is 12.1 Å². The third-order valence-corrected chi connectivity index (χ3v) is 4.62. The van der Waals surface area contributed by atoms with Gasteiger partial charge in [-0.1, -0.05) is 0 Å². The molecule has 168 valence electrons. The lowest BCUT2D eigenvalue weighted by molar-refractivity contribution is -0.153. The number of methoxy groups -OCH3 is 1. The van der Waals surface area contributed by atoms with Gasteiger partial charge < -0.3 is 24.8 Å². The minimum atomic E-state index is -4.39. The van der Waals surface area contributed by atoms with Crippen LogP contribution in [0.4, 0.5) is 35.9 Å². The Bertz CT molecular complexity index is 1070. The quantitative estimate of drug-likeness (QED) is 0.453. The Morgan fingerprint density at radius 2 is 1.53 bits per heavy atom. The molecule has 0 aliphatic heterocycles. The summed E-state index contributed by atoms with van der Waals surface area (Å²) in [4.78, 5) is 13.4. The second kappa shape index (κ2) is 9.51. The molecule has 0 aromatic heterocycles. The first-order valence-electron chi connectivity index (χ1n) is 9.48. The smallest absolute Gasteiger partial charge is 0.422 e. The van der Waals surface area contributed by atoms with Gasteiger partial charge in [0.25, 0.3) is 0 Å². The predicted molar refractivity (Wildman–Crippen MR) is 116 cm³/mol. The van der Waals surface area contributed by atoms with Crippen molar-refractivity contribution < 1.29 is 32.5 Å². The number of ether oxygens (including phenoxy) is 2. The second-order valence-electron chi connectivity index (χ2n) is 6.85. The van der Waals surface area contributed by atoms with Crippen LogP contribution in [0.5, 0.6) is 11.5 Å². The van der Waals surface area contributed by atoms with E-state index in [1.54, 1.807) is 36.4 Å². The molecule has 0 fully saturated rings. The highest BCUT2D eigenvalue weighted by atomic mass is 19.4. The molecule has 0 aliphatic carbocycles. The molecular weight excluding hydrogens is 425 g/mol. The monoisotopic (exact) mass is 446 g/mol. The van der Waals surface area contributed by atoms with Crippen LogP contribution in [0.3, 0.4) is 0 Å². The van der Waals surface area contributed by atoms with Crippen LogP contribution < -0.4 is 19.7 Å². The van der Waals surface area contributed by atoms with Gasteiger partial charge in [0.05, 0.1) is 18.4 Å². The molecule has 6 nitrogen and oxygen atoms in total. The van der Waals surface area contributed by atoms with E-state index in [2.05, 4.69) is 5.32 Å². The summed E-state index contributed by atoms with van der Waals surface area (Å²) in [5.74, 6) is -0.502. The zero-order chi connectivity index (χ0) is 23.3. The minimum absolute atomic E-state index is 0.0818. The van der Waals surface area contributed by atoms with Crippen LogP contribution in [0.15, 0.2) is 66.7 Å². The lowest BCUT2D eigenvalue weighted by atomic mass is 10.1. The molecule has 2 N–H and O–H groups in total. The molecule has 0 heterocycles. The summed E-state index contributed by atoms with van der Waals surface area (Å²) < 4.78 is 46.6. The van der Waals surface area contributed by atoms with E-state index in [9.17, 15) is 23.1 Å². The average molecular weight is 446 g/mol. The van der Waals surface area contributed by atoms with Gasteiger partial charge in [-0.3, -0.25) is 0 Å². The first-order chi connectivity index (χ1) is 15.2. The van der Waals surface area contributed by atoms with Gasteiger partial charge in [0.15, 0.2) is 6.61 Å². The highest BCUT2D eigenvalue weighted by molar-refractivity contribution is 5.95. The van der Waals surface area contributed by atoms with Crippen LogP contribution in [0, 0.1) is 0 Å². The zero-order valence-electron chi connectivity index (χ0n) is 17.3. The second-order valence-corrected chi connectivity index (χ2v) is 6.85. The number of hydrogen-bond donors (Lipinski definition) is 2. The van der Waals surface area contributed by atoms with Crippen molar-refractivity contribution in [3.8, 4) is 11.5 Å². The van der Waals surface area contributed by atoms with E-state index in [0.717, 1.165) is 11.4 Å². The van der Waals surface area contributed by atoms with Gasteiger partial charge in [-0.05, 0) is 66.7 Å². The van der Waals surface area contributed by atoms with Crippen LogP contribution in [-0.4, -0.2) is 38.0 Å². The summed E-state index contributed by atoms with van der Waals surface area (Å²) in [5.41, 5.74) is 2.78. The van der Waals surface area contributed by atoms with Crippen molar-refractivity contribution in [1.82, 2.24) is 0 Å². The van der Waals surface area contributed by atoms with E-state index in [-0.39, 0.29) is 11.3 Å². The maximum absolute atomic E-state index is 12.3. The Morgan fingerprint density at radius 3 is 2.06 bits per heavy atom. The van der Waals surface area contributed by atoms with E-state index in [0.29, 0.717) is 17.1 Å². The van der Waals surface area contributed by atoms with Crippen molar-refractivity contribution in [1.29, 1.82) is 0 Å². The molecule has 0 amide bonds. The van der Waals surface area contributed by atoms with Crippen molar-refractivity contribution in [3.05, 3.63) is 72.3 Å². The minimum Gasteiger partial charge on any atom is -0.497 e. The van der Waals surface area contributed by atoms with Gasteiger partial charge in [-0.2, -0.15) is 13.2 Å². The van der Waals surface area contributed by atoms with E-state index in [1.807, 2.05) is 24.1 Å². The predicted octanol–water partition coefficient (Wildman–Crippen LogP) is 5.85. The van der Waals surface area contributed by atoms with Crippen LogP contribution >= 0.6 is 0 Å². The Labute approximate surface area is 182 Å². The van der Waals surface area contributed by atoms with Crippen LogP contribution in [0.2, 0.25) is 0 Å². The van der Waals surface area contributed by atoms with Gasteiger partial charge in [-0.15, -0.1) is 0 Å². The Morgan fingerprint density at radius 1 is 0.969 bits per heavy atom. The molecule has 0 unspecified atom stereocenters. The number of benzene rings is 3. The van der Waals surface area contributed by atoms with E-state index in [4.69, 9.17) is 9.47 Å². The van der Waals surface area contributed by atoms with E-state index < -0.39 is 18.8 Å². The van der Waals surface area contributed by atoms with Crippen molar-refractivity contribution in [2.24, 2.45) is 0 Å². The summed E-state index contributed by atoms with van der Waals surface area (Å²) in [7, 11) is 3.28. The highest BCUT2D eigenvalue weighted by Gasteiger charge is 2.28. The molecule has 0 saturated heterocycles. The number of alkyl halides is 3. The number of nitrogens with zero attached hydrogens (tertiary/aromatic N) is 1. The van der Waals surface area contributed by atoms with Gasteiger partial charge in [-0.25, -0.2) is 4.79 Å². The summed E-state index contributed by atoms with van der Waals surface area (Å²) in [6, 6.07) is 18.3. The molecule has 3 rings (SSSR count). The first kappa shape index (κ1) is 22.8. The van der Waals surface area contributed by atoms with E-state index >= 15 is 0 Å². The fourth-order valence-electron chi connectivity index (χ4n) is 2.94. The summed E-state index contributed by atoms with van der Waals surface area (Å²) >= 11 is 0. The number of anilines is 4. The molecule has 3 aromatic carbocycles. The maximum atomic E-state index is 12.3. The SMILES string of the molecule is COc1ccc(Nc2ccc(N(C)c3ccc(OCC(F)(F)F)cc3)cc2)c(C(=O)O)c1. The van der Waals surface area contributed by atoms with E-state index in [1.165, 1.54) is 25.3 Å². The third-order valence-electron chi connectivity index (χ3n) is 4.62.